The number of amides is 2. The van der Waals surface area contributed by atoms with Crippen LogP contribution in [-0.2, 0) is 12.6 Å². The monoisotopic (exact) mass is 392 g/mol. The Kier molecular flexibility index (Phi) is 5.08. The highest BCUT2D eigenvalue weighted by Gasteiger charge is 2.33. The smallest absolute Gasteiger partial charge is 0.343 e. The molecule has 1 fully saturated rings. The first-order valence-corrected chi connectivity index (χ1v) is 9.12. The van der Waals surface area contributed by atoms with E-state index in [0.29, 0.717) is 37.5 Å². The van der Waals surface area contributed by atoms with Gasteiger partial charge in [-0.3, -0.25) is 5.32 Å². The maximum absolute atomic E-state index is 12.6. The van der Waals surface area contributed by atoms with Gasteiger partial charge < -0.3 is 9.80 Å². The second-order valence-corrected chi connectivity index (χ2v) is 7.04. The highest BCUT2D eigenvalue weighted by molar-refractivity contribution is 7.15. The molecule has 0 unspecified atom stereocenters. The first-order valence-electron chi connectivity index (χ1n) is 7.53. The lowest BCUT2D eigenvalue weighted by molar-refractivity contribution is -0.134. The van der Waals surface area contributed by atoms with Gasteiger partial charge in [-0.2, -0.15) is 17.5 Å². The number of carbonyl (C=O) groups excluding carboxylic acids is 1. The summed E-state index contributed by atoms with van der Waals surface area (Å²) >= 11 is 1.74. The summed E-state index contributed by atoms with van der Waals surface area (Å²) in [5.41, 5.74) is 0. The maximum Gasteiger partial charge on any atom is 0.427 e. The van der Waals surface area contributed by atoms with Crippen molar-refractivity contribution in [3.8, 4) is 0 Å². The summed E-state index contributed by atoms with van der Waals surface area (Å²) in [6.45, 7) is 4.07. The molecule has 2 amide bonds. The Morgan fingerprint density at radius 2 is 2.04 bits per heavy atom. The zero-order valence-corrected chi connectivity index (χ0v) is 14.8. The van der Waals surface area contributed by atoms with Crippen LogP contribution in [0.4, 0.5) is 28.2 Å². The molecule has 0 atom stereocenters. The van der Waals surface area contributed by atoms with Gasteiger partial charge in [0.25, 0.3) is 0 Å². The molecule has 7 nitrogen and oxygen atoms in total. The van der Waals surface area contributed by atoms with Crippen LogP contribution in [0.1, 0.15) is 17.6 Å². The summed E-state index contributed by atoms with van der Waals surface area (Å²) in [6, 6.07) is -0.450. The van der Waals surface area contributed by atoms with Crippen LogP contribution < -0.4 is 10.2 Å². The van der Waals surface area contributed by atoms with Gasteiger partial charge in [0.2, 0.25) is 5.13 Å². The number of halogens is 3. The van der Waals surface area contributed by atoms with Crippen LogP contribution in [0.5, 0.6) is 0 Å². The molecule has 1 N–H and O–H groups in total. The number of aromatic nitrogens is 3. The molecule has 25 heavy (non-hydrogen) atoms. The molecule has 0 aromatic carbocycles. The number of hydrogen-bond donors (Lipinski definition) is 1. The SMILES string of the molecule is CCc1nsc(N2CCN(C(=O)Nc3ncc(C(F)(F)F)s3)CC2)n1. The van der Waals surface area contributed by atoms with E-state index in [2.05, 4.69) is 19.7 Å². The zero-order valence-electron chi connectivity index (χ0n) is 13.2. The first-order chi connectivity index (χ1) is 11.9. The lowest BCUT2D eigenvalue weighted by atomic mass is 10.3. The molecule has 0 bridgehead atoms. The number of carbonyl (C=O) groups is 1. The van der Waals surface area contributed by atoms with Gasteiger partial charge in [-0.15, -0.1) is 0 Å². The van der Waals surface area contributed by atoms with Gasteiger partial charge in [0.05, 0.1) is 6.20 Å². The van der Waals surface area contributed by atoms with Crippen LogP contribution in [0.15, 0.2) is 6.20 Å². The molecule has 0 spiro atoms. The average Bonchev–Trinajstić information content (AvgIpc) is 3.23. The van der Waals surface area contributed by atoms with Crippen molar-refractivity contribution in [2.75, 3.05) is 36.4 Å². The number of rotatable bonds is 3. The molecule has 1 saturated heterocycles. The van der Waals surface area contributed by atoms with Crippen molar-refractivity contribution in [3.63, 3.8) is 0 Å². The van der Waals surface area contributed by atoms with E-state index in [9.17, 15) is 18.0 Å². The molecule has 1 aliphatic heterocycles. The second kappa shape index (κ2) is 7.12. The van der Waals surface area contributed by atoms with E-state index in [0.717, 1.165) is 23.6 Å². The third kappa shape index (κ3) is 4.18. The largest absolute Gasteiger partial charge is 0.427 e. The summed E-state index contributed by atoms with van der Waals surface area (Å²) in [5, 5.41) is 3.19. The van der Waals surface area contributed by atoms with E-state index in [1.807, 2.05) is 11.8 Å². The number of nitrogens with one attached hydrogen (secondary N) is 1. The normalized spacial score (nSPS) is 15.5. The Morgan fingerprint density at radius 1 is 1.32 bits per heavy atom. The standard InChI is InChI=1S/C13H15F3N6OS2/c1-2-9-18-12(25-20-9)22-5-3-21(4-6-22)11(23)19-10-17-7-8(24-10)13(14,15)16/h7H,2-6H2,1H3,(H,17,19,23). The van der Waals surface area contributed by atoms with E-state index < -0.39 is 17.1 Å². The van der Waals surface area contributed by atoms with E-state index in [1.165, 1.54) is 11.5 Å². The van der Waals surface area contributed by atoms with Gasteiger partial charge in [0.1, 0.15) is 10.7 Å². The lowest BCUT2D eigenvalue weighted by Crippen LogP contribution is -2.50. The second-order valence-electron chi connectivity index (χ2n) is 5.28. The molecule has 2 aromatic heterocycles. The number of anilines is 2. The van der Waals surface area contributed by atoms with Crippen LogP contribution in [-0.4, -0.2) is 51.5 Å². The van der Waals surface area contributed by atoms with E-state index in [-0.39, 0.29) is 5.13 Å². The quantitative estimate of drug-likeness (QED) is 0.869. The topological polar surface area (TPSA) is 74.2 Å². The third-order valence-electron chi connectivity index (χ3n) is 3.61. The number of hydrogen-bond acceptors (Lipinski definition) is 7. The fraction of sp³-hybridized carbons (Fsp3) is 0.538. The fourth-order valence-corrected chi connectivity index (χ4v) is 3.73. The molecular formula is C13H15F3N6OS2. The number of alkyl halides is 3. The van der Waals surface area contributed by atoms with Crippen molar-refractivity contribution in [2.24, 2.45) is 0 Å². The van der Waals surface area contributed by atoms with Crippen molar-refractivity contribution in [1.29, 1.82) is 0 Å². The van der Waals surface area contributed by atoms with Gasteiger partial charge in [0.15, 0.2) is 5.13 Å². The van der Waals surface area contributed by atoms with Gasteiger partial charge in [0, 0.05) is 44.1 Å². The minimum atomic E-state index is -4.45. The van der Waals surface area contributed by atoms with Gasteiger partial charge in [-0.25, -0.2) is 14.8 Å². The Hall–Kier alpha value is -1.95. The molecule has 3 rings (SSSR count). The summed E-state index contributed by atoms with van der Waals surface area (Å²) in [4.78, 5) is 23.0. The molecule has 0 saturated carbocycles. The number of thiazole rings is 1. The first kappa shape index (κ1) is 17.9. The maximum atomic E-state index is 12.6. The van der Waals surface area contributed by atoms with Gasteiger partial charge in [-0.1, -0.05) is 18.3 Å². The summed E-state index contributed by atoms with van der Waals surface area (Å²) in [5.74, 6) is 0.796. The van der Waals surface area contributed by atoms with Crippen LogP contribution >= 0.6 is 22.9 Å². The molecule has 3 heterocycles. The Balaban J connectivity index is 1.54. The van der Waals surface area contributed by atoms with E-state index in [4.69, 9.17) is 0 Å². The van der Waals surface area contributed by atoms with E-state index in [1.54, 1.807) is 4.90 Å². The van der Waals surface area contributed by atoms with E-state index >= 15 is 0 Å². The number of urea groups is 1. The number of piperazine rings is 1. The highest BCUT2D eigenvalue weighted by Crippen LogP contribution is 2.35. The predicted molar refractivity (Wildman–Crippen MR) is 89.2 cm³/mol. The summed E-state index contributed by atoms with van der Waals surface area (Å²) < 4.78 is 41.9. The molecule has 0 radical (unpaired) electrons. The van der Waals surface area contributed by atoms with Crippen molar-refractivity contribution >= 4 is 39.2 Å². The zero-order chi connectivity index (χ0) is 18.0. The Labute approximate surface area is 149 Å². The number of nitrogens with zero attached hydrogens (tertiary/aromatic N) is 5. The predicted octanol–water partition coefficient (Wildman–Crippen LogP) is 2.93. The molecule has 12 heteroatoms. The summed E-state index contributed by atoms with van der Waals surface area (Å²) in [6.07, 6.45) is -2.96. The third-order valence-corrected chi connectivity index (χ3v) is 5.38. The molecule has 0 aliphatic carbocycles. The minimum absolute atomic E-state index is 0.0588. The Bertz CT molecular complexity index is 738. The Morgan fingerprint density at radius 3 is 2.60 bits per heavy atom. The van der Waals surface area contributed by atoms with Crippen LogP contribution in [0.25, 0.3) is 0 Å². The van der Waals surface area contributed by atoms with Gasteiger partial charge in [-0.05, 0) is 0 Å². The van der Waals surface area contributed by atoms with Gasteiger partial charge >= 0.3 is 12.2 Å². The highest BCUT2D eigenvalue weighted by atomic mass is 32.1. The fourth-order valence-electron chi connectivity index (χ4n) is 2.25. The summed E-state index contributed by atoms with van der Waals surface area (Å²) in [7, 11) is 0. The van der Waals surface area contributed by atoms with Crippen LogP contribution in [0, 0.1) is 0 Å². The lowest BCUT2D eigenvalue weighted by Gasteiger charge is -2.34. The molecule has 2 aromatic rings. The molecular weight excluding hydrogens is 377 g/mol. The number of aryl methyl sites for hydroxylation is 1. The van der Waals surface area contributed by atoms with Crippen molar-refractivity contribution in [1.82, 2.24) is 19.2 Å². The molecule has 136 valence electrons. The average molecular weight is 392 g/mol. The van der Waals surface area contributed by atoms with Crippen molar-refractivity contribution < 1.29 is 18.0 Å². The van der Waals surface area contributed by atoms with Crippen molar-refractivity contribution in [3.05, 3.63) is 16.9 Å². The van der Waals surface area contributed by atoms with Crippen LogP contribution in [0.3, 0.4) is 0 Å². The van der Waals surface area contributed by atoms with Crippen LogP contribution in [0.2, 0.25) is 0 Å². The minimum Gasteiger partial charge on any atom is -0.343 e. The molecule has 1 aliphatic rings. The van der Waals surface area contributed by atoms with Crippen molar-refractivity contribution in [2.45, 2.75) is 19.5 Å².